The van der Waals surface area contributed by atoms with Gasteiger partial charge in [-0.15, -0.1) is 0 Å². The third-order valence-electron chi connectivity index (χ3n) is 4.09. The number of carbonyl (C=O) groups is 2. The maximum absolute atomic E-state index is 11.8. The monoisotopic (exact) mass is 272 g/mol. The van der Waals surface area contributed by atoms with Crippen molar-refractivity contribution in [3.8, 4) is 0 Å². The lowest BCUT2D eigenvalue weighted by molar-refractivity contribution is -0.171. The van der Waals surface area contributed by atoms with E-state index in [0.29, 0.717) is 16.4 Å². The maximum Gasteiger partial charge on any atom is 0.320 e. The number of hydrogen-bond donors (Lipinski definition) is 1. The van der Waals surface area contributed by atoms with E-state index < -0.39 is 23.5 Å². The number of ether oxygens (including phenoxy) is 1. The minimum absolute atomic E-state index is 0.353. The van der Waals surface area contributed by atoms with Crippen LogP contribution in [0, 0.1) is 11.8 Å². The van der Waals surface area contributed by atoms with Gasteiger partial charge in [0.15, 0.2) is 5.92 Å². The Morgan fingerprint density at radius 3 is 2.50 bits per heavy atom. The Morgan fingerprint density at radius 1 is 1.39 bits per heavy atom. The Balaban J connectivity index is 1.99. The Hall–Kier alpha value is -0.710. The van der Waals surface area contributed by atoms with Gasteiger partial charge in [0.1, 0.15) is 5.60 Å². The van der Waals surface area contributed by atoms with E-state index in [4.69, 9.17) is 9.84 Å². The summed E-state index contributed by atoms with van der Waals surface area (Å²) in [5.74, 6) is -2.49. The van der Waals surface area contributed by atoms with Crippen molar-refractivity contribution >= 4 is 23.7 Å². The third-order valence-corrected chi connectivity index (χ3v) is 5.81. The first-order chi connectivity index (χ1) is 8.31. The standard InChI is InChI=1S/C13H20O4S/c1-7(11(14)15)12(16)17-13(2,3)9-6-8-4-5-10(9)18-8/h7-10H,4-6H2,1-3H3,(H,14,15). The molecule has 1 N–H and O–H groups in total. The molecule has 102 valence electrons. The SMILES string of the molecule is CC(C(=O)O)C(=O)OC(C)(C)C1CC2CCC1S2. The topological polar surface area (TPSA) is 63.6 Å². The van der Waals surface area contributed by atoms with Crippen LogP contribution in [0.15, 0.2) is 0 Å². The average molecular weight is 272 g/mol. The number of carboxylic acids is 1. The molecule has 0 aromatic heterocycles. The number of aliphatic carboxylic acids is 1. The molecule has 0 spiro atoms. The minimum Gasteiger partial charge on any atom is -0.481 e. The summed E-state index contributed by atoms with van der Waals surface area (Å²) in [7, 11) is 0. The molecule has 2 heterocycles. The van der Waals surface area contributed by atoms with Crippen LogP contribution in [0.5, 0.6) is 0 Å². The van der Waals surface area contributed by atoms with E-state index in [1.54, 1.807) is 0 Å². The highest BCUT2D eigenvalue weighted by Gasteiger charge is 2.49. The molecule has 2 aliphatic heterocycles. The van der Waals surface area contributed by atoms with Gasteiger partial charge in [-0.25, -0.2) is 0 Å². The van der Waals surface area contributed by atoms with Gasteiger partial charge in [0.05, 0.1) is 0 Å². The van der Waals surface area contributed by atoms with Crippen molar-refractivity contribution in [1.82, 2.24) is 0 Å². The predicted octanol–water partition coefficient (Wildman–Crippen LogP) is 2.31. The molecule has 2 bridgehead atoms. The quantitative estimate of drug-likeness (QED) is 0.628. The average Bonchev–Trinajstić information content (AvgIpc) is 2.88. The number of carboxylic acid groups (broad SMARTS) is 1. The molecule has 2 aliphatic rings. The fourth-order valence-electron chi connectivity index (χ4n) is 2.89. The molecular weight excluding hydrogens is 252 g/mol. The summed E-state index contributed by atoms with van der Waals surface area (Å²) >= 11 is 2.00. The van der Waals surface area contributed by atoms with Crippen LogP contribution >= 0.6 is 11.8 Å². The van der Waals surface area contributed by atoms with Gasteiger partial charge in [-0.3, -0.25) is 9.59 Å². The van der Waals surface area contributed by atoms with E-state index >= 15 is 0 Å². The molecule has 0 amide bonds. The largest absolute Gasteiger partial charge is 0.481 e. The molecule has 2 fully saturated rings. The smallest absolute Gasteiger partial charge is 0.320 e. The number of esters is 1. The second kappa shape index (κ2) is 4.76. The van der Waals surface area contributed by atoms with Crippen LogP contribution in [0.2, 0.25) is 0 Å². The number of hydrogen-bond acceptors (Lipinski definition) is 4. The summed E-state index contributed by atoms with van der Waals surface area (Å²) in [6, 6.07) is 0. The molecule has 4 atom stereocenters. The molecule has 2 saturated heterocycles. The Bertz CT molecular complexity index is 366. The van der Waals surface area contributed by atoms with E-state index in [0.717, 1.165) is 6.42 Å². The van der Waals surface area contributed by atoms with Gasteiger partial charge in [-0.05, 0) is 40.0 Å². The van der Waals surface area contributed by atoms with Crippen molar-refractivity contribution in [2.45, 2.75) is 56.1 Å². The van der Waals surface area contributed by atoms with E-state index in [-0.39, 0.29) is 0 Å². The van der Waals surface area contributed by atoms with Crippen LogP contribution in [-0.4, -0.2) is 33.1 Å². The number of carbonyl (C=O) groups excluding carboxylic acids is 1. The third kappa shape index (κ3) is 2.51. The maximum atomic E-state index is 11.8. The van der Waals surface area contributed by atoms with Crippen LogP contribution in [0.3, 0.4) is 0 Å². The summed E-state index contributed by atoms with van der Waals surface area (Å²) < 4.78 is 5.46. The molecule has 18 heavy (non-hydrogen) atoms. The zero-order chi connectivity index (χ0) is 13.5. The van der Waals surface area contributed by atoms with Crippen LogP contribution in [0.1, 0.15) is 40.0 Å². The molecule has 4 nitrogen and oxygen atoms in total. The highest BCUT2D eigenvalue weighted by molar-refractivity contribution is 8.01. The van der Waals surface area contributed by atoms with Gasteiger partial charge in [0.2, 0.25) is 0 Å². The minimum atomic E-state index is -1.13. The van der Waals surface area contributed by atoms with Crippen LogP contribution in [0.4, 0.5) is 0 Å². The Morgan fingerprint density at radius 2 is 2.06 bits per heavy atom. The molecule has 5 heteroatoms. The van der Waals surface area contributed by atoms with Gasteiger partial charge in [-0.2, -0.15) is 11.8 Å². The second-order valence-electron chi connectivity index (χ2n) is 5.80. The highest BCUT2D eigenvalue weighted by atomic mass is 32.2. The molecule has 2 rings (SSSR count). The van der Waals surface area contributed by atoms with Gasteiger partial charge >= 0.3 is 11.9 Å². The van der Waals surface area contributed by atoms with E-state index in [1.165, 1.54) is 19.8 Å². The highest BCUT2D eigenvalue weighted by Crippen LogP contribution is 2.53. The summed E-state index contributed by atoms with van der Waals surface area (Å²) in [6.45, 7) is 5.19. The number of fused-ring (bicyclic) bond motifs is 2. The van der Waals surface area contributed by atoms with Gasteiger partial charge in [0, 0.05) is 16.4 Å². The van der Waals surface area contributed by atoms with Crippen LogP contribution in [-0.2, 0) is 14.3 Å². The molecule has 0 aromatic carbocycles. The zero-order valence-corrected chi connectivity index (χ0v) is 11.8. The first kappa shape index (κ1) is 13.7. The first-order valence-electron chi connectivity index (χ1n) is 6.42. The van der Waals surface area contributed by atoms with Crippen molar-refractivity contribution in [3.05, 3.63) is 0 Å². The number of rotatable bonds is 4. The fourth-order valence-corrected chi connectivity index (χ4v) is 4.88. The molecular formula is C13H20O4S. The van der Waals surface area contributed by atoms with Crippen molar-refractivity contribution in [1.29, 1.82) is 0 Å². The van der Waals surface area contributed by atoms with E-state index in [9.17, 15) is 9.59 Å². The van der Waals surface area contributed by atoms with Gasteiger partial charge < -0.3 is 9.84 Å². The Kier molecular flexibility index (Phi) is 3.63. The summed E-state index contributed by atoms with van der Waals surface area (Å²) in [5, 5.41) is 10.1. The lowest BCUT2D eigenvalue weighted by atomic mass is 9.78. The zero-order valence-electron chi connectivity index (χ0n) is 11.0. The lowest BCUT2D eigenvalue weighted by Gasteiger charge is -2.36. The molecule has 4 unspecified atom stereocenters. The van der Waals surface area contributed by atoms with Crippen molar-refractivity contribution < 1.29 is 19.4 Å². The van der Waals surface area contributed by atoms with Crippen LogP contribution in [0.25, 0.3) is 0 Å². The number of thioether (sulfide) groups is 1. The molecule has 0 radical (unpaired) electrons. The molecule has 0 aromatic rings. The second-order valence-corrected chi connectivity index (χ2v) is 7.34. The van der Waals surface area contributed by atoms with Gasteiger partial charge in [-0.1, -0.05) is 0 Å². The van der Waals surface area contributed by atoms with Crippen molar-refractivity contribution in [2.24, 2.45) is 11.8 Å². The summed E-state index contributed by atoms with van der Waals surface area (Å²) in [6.07, 6.45) is 3.54. The normalized spacial score (nSPS) is 32.3. The van der Waals surface area contributed by atoms with E-state index in [2.05, 4.69) is 0 Å². The fraction of sp³-hybridized carbons (Fsp3) is 0.846. The predicted molar refractivity (Wildman–Crippen MR) is 69.5 cm³/mol. The van der Waals surface area contributed by atoms with Crippen molar-refractivity contribution in [3.63, 3.8) is 0 Å². The van der Waals surface area contributed by atoms with Gasteiger partial charge in [0.25, 0.3) is 0 Å². The van der Waals surface area contributed by atoms with E-state index in [1.807, 2.05) is 25.6 Å². The Labute approximate surface area is 111 Å². The summed E-state index contributed by atoms with van der Waals surface area (Å²) in [4.78, 5) is 22.5. The lowest BCUT2D eigenvalue weighted by Crippen LogP contribution is -2.43. The molecule has 0 saturated carbocycles. The molecule has 0 aliphatic carbocycles. The van der Waals surface area contributed by atoms with Crippen LogP contribution < -0.4 is 0 Å². The summed E-state index contributed by atoms with van der Waals surface area (Å²) in [5.41, 5.74) is -0.562. The van der Waals surface area contributed by atoms with Crippen molar-refractivity contribution in [2.75, 3.05) is 0 Å². The first-order valence-corrected chi connectivity index (χ1v) is 7.36.